The number of nitrogens with two attached hydrogens (primary N) is 1. The van der Waals surface area contributed by atoms with Gasteiger partial charge in [-0.1, -0.05) is 0 Å². The van der Waals surface area contributed by atoms with Crippen LogP contribution in [0, 0.1) is 17.1 Å². The zero-order valence-corrected chi connectivity index (χ0v) is 21.2. The summed E-state index contributed by atoms with van der Waals surface area (Å²) in [5.74, 6) is -1.41. The molecule has 0 spiro atoms. The van der Waals surface area contributed by atoms with E-state index in [0.29, 0.717) is 29.5 Å². The second-order valence-corrected chi connectivity index (χ2v) is 11.9. The minimum absolute atomic E-state index is 0.0278. The van der Waals surface area contributed by atoms with Crippen LogP contribution in [0.1, 0.15) is 53.2 Å². The quantitative estimate of drug-likeness (QED) is 0.442. The van der Waals surface area contributed by atoms with E-state index >= 15 is 0 Å². The number of carbonyl (C=O) groups excluding carboxylic acids is 1. The Morgan fingerprint density at radius 2 is 2.08 bits per heavy atom. The molecule has 0 aliphatic heterocycles. The Morgan fingerprint density at radius 3 is 2.72 bits per heavy atom. The van der Waals surface area contributed by atoms with Gasteiger partial charge in [0.25, 0.3) is 5.91 Å². The topological polar surface area (TPSA) is 163 Å². The van der Waals surface area contributed by atoms with Gasteiger partial charge in [0.15, 0.2) is 9.92 Å². The van der Waals surface area contributed by atoms with Crippen LogP contribution in [0.5, 0.6) is 0 Å². The molecule has 1 unspecified atom stereocenters. The molecule has 1 amide bonds. The molecule has 1 aromatic carbocycles. The molecule has 1 aliphatic rings. The molecule has 1 atom stereocenters. The van der Waals surface area contributed by atoms with Gasteiger partial charge in [0.2, 0.25) is 0 Å². The van der Waals surface area contributed by atoms with E-state index in [9.17, 15) is 28.9 Å². The molecular formula is C24H24FN5O4S2. The maximum Gasteiger partial charge on any atom is 0.259 e. The van der Waals surface area contributed by atoms with Gasteiger partial charge >= 0.3 is 0 Å². The number of amides is 1. The number of nitriles is 1. The SMILES string of the molecule is CC(C)(O)c1nc(CO)c(S(N)(=O)=NC(=O)Cc2c(-c3ccncc3F)cc(C#N)c3c2CCC3)s1. The third kappa shape index (κ3) is 4.93. The third-order valence-corrected chi connectivity index (χ3v) is 9.28. The Bertz CT molecular complexity index is 1530. The molecule has 2 aromatic heterocycles. The molecule has 0 fully saturated rings. The number of fused-ring (bicyclic) bond motifs is 1. The lowest BCUT2D eigenvalue weighted by Crippen LogP contribution is -2.17. The summed E-state index contributed by atoms with van der Waals surface area (Å²) in [4.78, 5) is 21.0. The van der Waals surface area contributed by atoms with Gasteiger partial charge in [0.05, 0.1) is 36.6 Å². The Morgan fingerprint density at radius 1 is 1.36 bits per heavy atom. The Hall–Kier alpha value is -3.08. The fraction of sp³-hybridized carbons (Fsp3) is 0.333. The average molecular weight is 530 g/mol. The van der Waals surface area contributed by atoms with Crippen LogP contribution < -0.4 is 5.14 Å². The van der Waals surface area contributed by atoms with Gasteiger partial charge in [-0.15, -0.1) is 15.7 Å². The van der Waals surface area contributed by atoms with Crippen molar-refractivity contribution in [3.8, 4) is 17.2 Å². The second kappa shape index (κ2) is 9.76. The highest BCUT2D eigenvalue weighted by Gasteiger charge is 2.29. The van der Waals surface area contributed by atoms with E-state index in [4.69, 9.17) is 5.14 Å². The van der Waals surface area contributed by atoms with E-state index in [0.717, 1.165) is 35.1 Å². The summed E-state index contributed by atoms with van der Waals surface area (Å²) >= 11 is 0.813. The van der Waals surface area contributed by atoms with Crippen molar-refractivity contribution in [3.63, 3.8) is 0 Å². The van der Waals surface area contributed by atoms with Crippen molar-refractivity contribution in [3.05, 3.63) is 63.3 Å². The van der Waals surface area contributed by atoms with Crippen molar-refractivity contribution < 1.29 is 23.6 Å². The first kappa shape index (κ1) is 26.0. The van der Waals surface area contributed by atoms with Gasteiger partial charge < -0.3 is 10.2 Å². The molecule has 4 N–H and O–H groups in total. The van der Waals surface area contributed by atoms with Crippen LogP contribution >= 0.6 is 11.3 Å². The van der Waals surface area contributed by atoms with Crippen molar-refractivity contribution in [2.75, 3.05) is 0 Å². The van der Waals surface area contributed by atoms with Gasteiger partial charge in [0, 0.05) is 11.8 Å². The van der Waals surface area contributed by atoms with Crippen molar-refractivity contribution in [2.24, 2.45) is 9.50 Å². The fourth-order valence-corrected chi connectivity index (χ4v) is 6.83. The van der Waals surface area contributed by atoms with E-state index in [2.05, 4.69) is 20.4 Å². The minimum atomic E-state index is -3.80. The summed E-state index contributed by atoms with van der Waals surface area (Å²) in [6.07, 6.45) is 4.19. The third-order valence-electron chi connectivity index (χ3n) is 5.87. The molecule has 1 aliphatic carbocycles. The summed E-state index contributed by atoms with van der Waals surface area (Å²) in [6, 6.07) is 5.19. The lowest BCUT2D eigenvalue weighted by molar-refractivity contribution is -0.117. The number of halogens is 1. The summed E-state index contributed by atoms with van der Waals surface area (Å²) < 4.78 is 31.7. The highest BCUT2D eigenvalue weighted by atomic mass is 32.2. The zero-order valence-electron chi connectivity index (χ0n) is 19.6. The van der Waals surface area contributed by atoms with Gasteiger partial charge in [-0.3, -0.25) is 9.78 Å². The van der Waals surface area contributed by atoms with E-state index in [1.165, 1.54) is 26.1 Å². The van der Waals surface area contributed by atoms with Crippen molar-refractivity contribution >= 4 is 27.2 Å². The van der Waals surface area contributed by atoms with Gasteiger partial charge in [-0.05, 0) is 67.5 Å². The van der Waals surface area contributed by atoms with E-state index in [1.807, 2.05) is 0 Å². The fourth-order valence-electron chi connectivity index (χ4n) is 4.29. The number of thiazole rings is 1. The van der Waals surface area contributed by atoms with Crippen LogP contribution in [0.2, 0.25) is 0 Å². The van der Waals surface area contributed by atoms with E-state index < -0.39 is 33.8 Å². The molecule has 0 radical (unpaired) electrons. The first-order valence-electron chi connectivity index (χ1n) is 11.0. The number of nitrogens with zero attached hydrogens (tertiary/aromatic N) is 4. The number of hydrogen-bond acceptors (Lipinski definition) is 8. The lowest BCUT2D eigenvalue weighted by atomic mass is 9.88. The summed E-state index contributed by atoms with van der Waals surface area (Å²) in [7, 11) is -3.80. The van der Waals surface area contributed by atoms with Crippen LogP contribution in [-0.2, 0) is 46.2 Å². The first-order chi connectivity index (χ1) is 17.0. The predicted octanol–water partition coefficient (Wildman–Crippen LogP) is 2.89. The molecule has 188 valence electrons. The van der Waals surface area contributed by atoms with Crippen LogP contribution in [0.25, 0.3) is 11.1 Å². The van der Waals surface area contributed by atoms with Crippen LogP contribution in [0.3, 0.4) is 0 Å². The number of aliphatic hydroxyl groups excluding tert-OH is 1. The molecule has 3 aromatic rings. The number of hydrogen-bond donors (Lipinski definition) is 3. The molecule has 9 nitrogen and oxygen atoms in total. The molecule has 0 bridgehead atoms. The molecule has 0 saturated heterocycles. The summed E-state index contributed by atoms with van der Waals surface area (Å²) in [5.41, 5.74) is 1.67. The Kier molecular flexibility index (Phi) is 7.05. The predicted molar refractivity (Wildman–Crippen MR) is 131 cm³/mol. The maximum atomic E-state index is 14.7. The summed E-state index contributed by atoms with van der Waals surface area (Å²) in [6.45, 7) is 2.35. The second-order valence-electron chi connectivity index (χ2n) is 8.93. The van der Waals surface area contributed by atoms with Crippen LogP contribution in [0.4, 0.5) is 4.39 Å². The smallest absolute Gasteiger partial charge is 0.259 e. The molecule has 36 heavy (non-hydrogen) atoms. The van der Waals surface area contributed by atoms with Crippen LogP contribution in [0.15, 0.2) is 33.1 Å². The van der Waals surface area contributed by atoms with E-state index in [1.54, 1.807) is 6.07 Å². The number of aliphatic hydroxyl groups is 2. The van der Waals surface area contributed by atoms with Crippen molar-refractivity contribution in [2.45, 2.75) is 55.9 Å². The molecular weight excluding hydrogens is 505 g/mol. The average Bonchev–Trinajstić information content (AvgIpc) is 3.47. The standard InChI is InChI=1S/C24H24FN5O4S2/c1-24(2,33)23-29-20(12-31)22(35-23)36(27,34)30-21(32)9-18-15-5-3-4-14(15)13(10-26)8-17(18)16-6-7-28-11-19(16)25/h6-8,11,31,33H,3-5,9,12H2,1-2H3,(H2,27,30,32,34). The number of benzene rings is 1. The highest BCUT2D eigenvalue weighted by molar-refractivity contribution is 7.93. The van der Waals surface area contributed by atoms with Crippen molar-refractivity contribution in [1.29, 1.82) is 5.26 Å². The molecule has 2 heterocycles. The van der Waals surface area contributed by atoms with Gasteiger partial charge in [0.1, 0.15) is 20.6 Å². The number of aromatic nitrogens is 2. The van der Waals surface area contributed by atoms with Gasteiger partial charge in [-0.2, -0.15) is 5.26 Å². The Labute approximate surface area is 211 Å². The first-order valence-corrected chi connectivity index (χ1v) is 13.4. The minimum Gasteiger partial charge on any atom is -0.390 e. The largest absolute Gasteiger partial charge is 0.390 e. The normalized spacial score (nSPS) is 14.7. The number of pyridine rings is 1. The zero-order chi connectivity index (χ0) is 26.3. The molecule has 0 saturated carbocycles. The molecule has 12 heteroatoms. The highest BCUT2D eigenvalue weighted by Crippen LogP contribution is 2.37. The van der Waals surface area contributed by atoms with E-state index in [-0.39, 0.29) is 26.9 Å². The van der Waals surface area contributed by atoms with Crippen molar-refractivity contribution in [1.82, 2.24) is 9.97 Å². The summed E-state index contributed by atoms with van der Waals surface area (Å²) in [5, 5.41) is 35.7. The monoisotopic (exact) mass is 529 g/mol. The molecule has 4 rings (SSSR count). The number of rotatable bonds is 6. The lowest BCUT2D eigenvalue weighted by Gasteiger charge is -2.16. The number of carbonyl (C=O) groups is 1. The van der Waals surface area contributed by atoms with Crippen LogP contribution in [-0.4, -0.2) is 30.3 Å². The Balaban J connectivity index is 1.81. The maximum absolute atomic E-state index is 14.7. The van der Waals surface area contributed by atoms with Gasteiger partial charge in [-0.25, -0.2) is 18.7 Å².